The Labute approximate surface area is 111 Å². The Morgan fingerprint density at radius 3 is 2.53 bits per heavy atom. The monoisotopic (exact) mass is 265 g/mol. The summed E-state index contributed by atoms with van der Waals surface area (Å²) in [6, 6.07) is 12.9. The Bertz CT molecular complexity index is 459. The molecule has 0 saturated heterocycles. The van der Waals surface area contributed by atoms with Crippen LogP contribution in [0.5, 0.6) is 0 Å². The first-order valence-electron chi connectivity index (χ1n) is 5.76. The topological polar surface area (TPSA) is 12.0 Å². The minimum atomic E-state index is 0.248. The zero-order chi connectivity index (χ0) is 12.3. The largest absolute Gasteiger partial charge is 0.306 e. The fraction of sp³-hybridized carbons (Fsp3) is 0.286. The third-order valence-electron chi connectivity index (χ3n) is 2.70. The normalized spacial score (nSPS) is 12.6. The number of benzene rings is 1. The molecule has 1 heterocycles. The Hall–Kier alpha value is -0.830. The van der Waals surface area contributed by atoms with Crippen molar-refractivity contribution < 1.29 is 0 Å². The van der Waals surface area contributed by atoms with Gasteiger partial charge in [-0.2, -0.15) is 0 Å². The summed E-state index contributed by atoms with van der Waals surface area (Å²) in [5.41, 5.74) is 2.44. The van der Waals surface area contributed by atoms with Gasteiger partial charge >= 0.3 is 0 Å². The van der Waals surface area contributed by atoms with Crippen molar-refractivity contribution in [2.75, 3.05) is 6.54 Å². The van der Waals surface area contributed by atoms with Crippen molar-refractivity contribution in [2.24, 2.45) is 0 Å². The third kappa shape index (κ3) is 2.89. The molecule has 1 unspecified atom stereocenters. The maximum absolute atomic E-state index is 6.15. The van der Waals surface area contributed by atoms with Gasteiger partial charge in [-0.15, -0.1) is 11.3 Å². The summed E-state index contributed by atoms with van der Waals surface area (Å²) in [4.78, 5) is 1.28. The second-order valence-electron chi connectivity index (χ2n) is 4.01. The Morgan fingerprint density at radius 2 is 2.00 bits per heavy atom. The van der Waals surface area contributed by atoms with Crippen LogP contribution in [0.2, 0.25) is 4.34 Å². The molecule has 0 saturated carbocycles. The minimum Gasteiger partial charge on any atom is -0.306 e. The molecule has 0 spiro atoms. The molecule has 1 nitrogen and oxygen atoms in total. The first kappa shape index (κ1) is 12.6. The lowest BCUT2D eigenvalue weighted by Crippen LogP contribution is -2.20. The summed E-state index contributed by atoms with van der Waals surface area (Å²) in [5.74, 6) is 0. The van der Waals surface area contributed by atoms with E-state index in [2.05, 4.69) is 49.5 Å². The quantitative estimate of drug-likeness (QED) is 0.864. The van der Waals surface area contributed by atoms with Gasteiger partial charge in [0, 0.05) is 4.88 Å². The van der Waals surface area contributed by atoms with Crippen LogP contribution in [-0.4, -0.2) is 6.54 Å². The van der Waals surface area contributed by atoms with Crippen LogP contribution in [0.25, 0.3) is 0 Å². The summed E-state index contributed by atoms with van der Waals surface area (Å²) in [6.07, 6.45) is 0. The van der Waals surface area contributed by atoms with Crippen molar-refractivity contribution in [3.8, 4) is 0 Å². The van der Waals surface area contributed by atoms with Gasteiger partial charge in [0.15, 0.2) is 0 Å². The lowest BCUT2D eigenvalue weighted by Gasteiger charge is -2.16. The van der Waals surface area contributed by atoms with E-state index in [4.69, 9.17) is 11.6 Å². The molecular weight excluding hydrogens is 250 g/mol. The molecule has 3 heteroatoms. The van der Waals surface area contributed by atoms with Crippen LogP contribution < -0.4 is 5.32 Å². The highest BCUT2D eigenvalue weighted by Crippen LogP contribution is 2.33. The number of aryl methyl sites for hydroxylation is 1. The first-order chi connectivity index (χ1) is 8.22. The number of hydrogen-bond acceptors (Lipinski definition) is 2. The van der Waals surface area contributed by atoms with Gasteiger partial charge in [-0.05, 0) is 30.7 Å². The molecule has 2 rings (SSSR count). The summed E-state index contributed by atoms with van der Waals surface area (Å²) >= 11 is 7.81. The predicted octanol–water partition coefficient (Wildman–Crippen LogP) is 4.41. The van der Waals surface area contributed by atoms with E-state index in [9.17, 15) is 0 Å². The van der Waals surface area contributed by atoms with E-state index in [-0.39, 0.29) is 6.04 Å². The fourth-order valence-electron chi connectivity index (χ4n) is 1.86. The van der Waals surface area contributed by atoms with Gasteiger partial charge in [0.2, 0.25) is 0 Å². The van der Waals surface area contributed by atoms with E-state index >= 15 is 0 Å². The number of nitrogens with one attached hydrogen (secondary N) is 1. The molecule has 0 aliphatic heterocycles. The molecule has 1 aromatic carbocycles. The molecule has 2 aromatic rings. The van der Waals surface area contributed by atoms with E-state index in [0.29, 0.717) is 0 Å². The van der Waals surface area contributed by atoms with Crippen LogP contribution in [0.4, 0.5) is 0 Å². The second kappa shape index (κ2) is 5.67. The third-order valence-corrected chi connectivity index (χ3v) is 4.32. The van der Waals surface area contributed by atoms with Gasteiger partial charge in [-0.1, -0.05) is 48.9 Å². The SMILES string of the molecule is CCNC(c1ccccc1)c1cc(C)c(Cl)s1. The van der Waals surface area contributed by atoms with Crippen molar-refractivity contribution in [1.29, 1.82) is 0 Å². The van der Waals surface area contributed by atoms with Crippen LogP contribution in [0.1, 0.15) is 29.0 Å². The van der Waals surface area contributed by atoms with Gasteiger partial charge in [0.1, 0.15) is 0 Å². The summed E-state index contributed by atoms with van der Waals surface area (Å²) in [7, 11) is 0. The second-order valence-corrected chi connectivity index (χ2v) is 5.69. The van der Waals surface area contributed by atoms with Crippen LogP contribution >= 0.6 is 22.9 Å². The molecule has 0 amide bonds. The average Bonchev–Trinajstić information content (AvgIpc) is 2.67. The summed E-state index contributed by atoms with van der Waals surface area (Å²) in [6.45, 7) is 5.11. The molecular formula is C14H16ClNS. The van der Waals surface area contributed by atoms with Crippen LogP contribution in [0.3, 0.4) is 0 Å². The number of halogens is 1. The van der Waals surface area contributed by atoms with E-state index in [1.807, 2.05) is 6.07 Å². The zero-order valence-electron chi connectivity index (χ0n) is 10.0. The Balaban J connectivity index is 2.35. The van der Waals surface area contributed by atoms with Crippen molar-refractivity contribution in [3.05, 3.63) is 56.7 Å². The predicted molar refractivity (Wildman–Crippen MR) is 76.0 cm³/mol. The van der Waals surface area contributed by atoms with Gasteiger partial charge < -0.3 is 5.32 Å². The van der Waals surface area contributed by atoms with Crippen LogP contribution in [-0.2, 0) is 0 Å². The maximum atomic E-state index is 6.15. The highest BCUT2D eigenvalue weighted by Gasteiger charge is 2.16. The maximum Gasteiger partial charge on any atom is 0.0961 e. The first-order valence-corrected chi connectivity index (χ1v) is 6.96. The molecule has 1 N–H and O–H groups in total. The van der Waals surface area contributed by atoms with Gasteiger partial charge in [-0.25, -0.2) is 0 Å². The lowest BCUT2D eigenvalue weighted by atomic mass is 10.1. The van der Waals surface area contributed by atoms with E-state index < -0.39 is 0 Å². The minimum absolute atomic E-state index is 0.248. The molecule has 0 fully saturated rings. The van der Waals surface area contributed by atoms with Crippen molar-refractivity contribution in [2.45, 2.75) is 19.9 Å². The molecule has 1 atom stereocenters. The number of hydrogen-bond donors (Lipinski definition) is 1. The van der Waals surface area contributed by atoms with Crippen molar-refractivity contribution >= 4 is 22.9 Å². The molecule has 0 aliphatic carbocycles. The van der Waals surface area contributed by atoms with E-state index in [1.165, 1.54) is 10.4 Å². The summed E-state index contributed by atoms with van der Waals surface area (Å²) in [5, 5.41) is 3.51. The highest BCUT2D eigenvalue weighted by atomic mass is 35.5. The highest BCUT2D eigenvalue weighted by molar-refractivity contribution is 7.16. The van der Waals surface area contributed by atoms with Crippen molar-refractivity contribution in [1.82, 2.24) is 5.32 Å². The molecule has 90 valence electrons. The summed E-state index contributed by atoms with van der Waals surface area (Å²) < 4.78 is 0.888. The molecule has 1 aromatic heterocycles. The van der Waals surface area contributed by atoms with Gasteiger partial charge in [-0.3, -0.25) is 0 Å². The standard InChI is InChI=1S/C14H16ClNS/c1-3-16-13(11-7-5-4-6-8-11)12-9-10(2)14(15)17-12/h4-9,13,16H,3H2,1-2H3. The van der Waals surface area contributed by atoms with Gasteiger partial charge in [0.05, 0.1) is 10.4 Å². The fourth-order valence-corrected chi connectivity index (χ4v) is 3.18. The van der Waals surface area contributed by atoms with Crippen LogP contribution in [0.15, 0.2) is 36.4 Å². The van der Waals surface area contributed by atoms with E-state index in [0.717, 1.165) is 16.4 Å². The van der Waals surface area contributed by atoms with Crippen LogP contribution in [0, 0.1) is 6.92 Å². The zero-order valence-corrected chi connectivity index (χ0v) is 11.6. The smallest absolute Gasteiger partial charge is 0.0961 e. The Morgan fingerprint density at radius 1 is 1.29 bits per heavy atom. The number of thiophene rings is 1. The van der Waals surface area contributed by atoms with E-state index in [1.54, 1.807) is 11.3 Å². The molecule has 0 bridgehead atoms. The average molecular weight is 266 g/mol. The molecule has 0 aliphatic rings. The van der Waals surface area contributed by atoms with Crippen molar-refractivity contribution in [3.63, 3.8) is 0 Å². The van der Waals surface area contributed by atoms with Gasteiger partial charge in [0.25, 0.3) is 0 Å². The Kier molecular flexibility index (Phi) is 4.21. The lowest BCUT2D eigenvalue weighted by molar-refractivity contribution is 0.639. The molecule has 17 heavy (non-hydrogen) atoms. The number of rotatable bonds is 4. The molecule has 0 radical (unpaired) electrons.